The van der Waals surface area contributed by atoms with Crippen molar-refractivity contribution in [1.82, 2.24) is 4.90 Å². The van der Waals surface area contributed by atoms with E-state index in [1.807, 2.05) is 32.0 Å². The van der Waals surface area contributed by atoms with Gasteiger partial charge in [0.2, 0.25) is 5.91 Å². The SMILES string of the molecule is Cc1c(N)cccc1NC(=O)CN1CCCOC(C)C1. The van der Waals surface area contributed by atoms with E-state index < -0.39 is 0 Å². The van der Waals surface area contributed by atoms with E-state index in [2.05, 4.69) is 10.2 Å². The molecule has 1 aliphatic heterocycles. The summed E-state index contributed by atoms with van der Waals surface area (Å²) in [5, 5.41) is 2.93. The second-order valence-electron chi connectivity index (χ2n) is 5.34. The van der Waals surface area contributed by atoms with Gasteiger partial charge in [-0.05, 0) is 38.0 Å². The third-order valence-corrected chi connectivity index (χ3v) is 3.55. The molecular formula is C15H23N3O2. The zero-order valence-electron chi connectivity index (χ0n) is 12.2. The van der Waals surface area contributed by atoms with Gasteiger partial charge in [0.25, 0.3) is 0 Å². The average Bonchev–Trinajstić information content (AvgIpc) is 2.59. The molecule has 1 aliphatic rings. The van der Waals surface area contributed by atoms with Crippen LogP contribution in [0.2, 0.25) is 0 Å². The van der Waals surface area contributed by atoms with Crippen molar-refractivity contribution in [3.8, 4) is 0 Å². The molecule has 1 unspecified atom stereocenters. The van der Waals surface area contributed by atoms with Crippen LogP contribution in [0.15, 0.2) is 18.2 Å². The molecule has 1 aromatic carbocycles. The number of benzene rings is 1. The summed E-state index contributed by atoms with van der Waals surface area (Å²) >= 11 is 0. The Kier molecular flexibility index (Phi) is 4.98. The van der Waals surface area contributed by atoms with Gasteiger partial charge in [0, 0.05) is 31.1 Å². The Labute approximate surface area is 120 Å². The molecule has 1 heterocycles. The van der Waals surface area contributed by atoms with Gasteiger partial charge in [0.05, 0.1) is 12.6 Å². The Morgan fingerprint density at radius 3 is 3.15 bits per heavy atom. The monoisotopic (exact) mass is 277 g/mol. The van der Waals surface area contributed by atoms with Gasteiger partial charge < -0.3 is 15.8 Å². The van der Waals surface area contributed by atoms with Crippen molar-refractivity contribution >= 4 is 17.3 Å². The number of amides is 1. The maximum atomic E-state index is 12.1. The molecule has 110 valence electrons. The summed E-state index contributed by atoms with van der Waals surface area (Å²) in [5.74, 6) is -0.00667. The molecule has 0 aromatic heterocycles. The van der Waals surface area contributed by atoms with E-state index in [1.54, 1.807) is 0 Å². The molecule has 3 N–H and O–H groups in total. The van der Waals surface area contributed by atoms with Crippen molar-refractivity contribution in [3.63, 3.8) is 0 Å². The second kappa shape index (κ2) is 6.72. The number of nitrogen functional groups attached to an aromatic ring is 1. The fourth-order valence-electron chi connectivity index (χ4n) is 2.41. The molecule has 0 saturated carbocycles. The molecule has 0 aliphatic carbocycles. The van der Waals surface area contributed by atoms with Crippen LogP contribution >= 0.6 is 0 Å². The van der Waals surface area contributed by atoms with Crippen LogP contribution in [-0.4, -0.2) is 43.2 Å². The average molecular weight is 277 g/mol. The number of nitrogens with one attached hydrogen (secondary N) is 1. The highest BCUT2D eigenvalue weighted by Gasteiger charge is 2.17. The molecule has 5 nitrogen and oxygen atoms in total. The number of carbonyl (C=O) groups excluding carboxylic acids is 1. The van der Waals surface area contributed by atoms with Crippen molar-refractivity contribution in [2.45, 2.75) is 26.4 Å². The molecule has 20 heavy (non-hydrogen) atoms. The first-order valence-electron chi connectivity index (χ1n) is 7.05. The summed E-state index contributed by atoms with van der Waals surface area (Å²) in [4.78, 5) is 14.3. The minimum absolute atomic E-state index is 0.00667. The molecular weight excluding hydrogens is 254 g/mol. The lowest BCUT2D eigenvalue weighted by atomic mass is 10.1. The van der Waals surface area contributed by atoms with Gasteiger partial charge in [-0.25, -0.2) is 0 Å². The van der Waals surface area contributed by atoms with E-state index in [0.717, 1.165) is 37.4 Å². The van der Waals surface area contributed by atoms with Crippen molar-refractivity contribution in [3.05, 3.63) is 23.8 Å². The van der Waals surface area contributed by atoms with Crippen LogP contribution in [0.3, 0.4) is 0 Å². The minimum atomic E-state index is -0.00667. The predicted molar refractivity (Wildman–Crippen MR) is 80.7 cm³/mol. The predicted octanol–water partition coefficient (Wildman–Crippen LogP) is 1.63. The highest BCUT2D eigenvalue weighted by atomic mass is 16.5. The number of hydrogen-bond donors (Lipinski definition) is 2. The number of ether oxygens (including phenoxy) is 1. The summed E-state index contributed by atoms with van der Waals surface area (Å²) in [6, 6.07) is 5.55. The molecule has 1 saturated heterocycles. The molecule has 1 amide bonds. The normalized spacial score (nSPS) is 20.4. The van der Waals surface area contributed by atoms with Crippen molar-refractivity contribution in [2.75, 3.05) is 37.3 Å². The Balaban J connectivity index is 1.93. The van der Waals surface area contributed by atoms with Gasteiger partial charge >= 0.3 is 0 Å². The Morgan fingerprint density at radius 2 is 2.35 bits per heavy atom. The number of nitrogens with zero attached hydrogens (tertiary/aromatic N) is 1. The third kappa shape index (κ3) is 3.95. The largest absolute Gasteiger partial charge is 0.398 e. The number of hydrogen-bond acceptors (Lipinski definition) is 4. The van der Waals surface area contributed by atoms with Gasteiger partial charge in [-0.15, -0.1) is 0 Å². The van der Waals surface area contributed by atoms with Crippen LogP contribution in [0.4, 0.5) is 11.4 Å². The quantitative estimate of drug-likeness (QED) is 0.824. The molecule has 5 heteroatoms. The van der Waals surface area contributed by atoms with Gasteiger partial charge in [-0.2, -0.15) is 0 Å². The van der Waals surface area contributed by atoms with Gasteiger partial charge in [0.15, 0.2) is 0 Å². The second-order valence-corrected chi connectivity index (χ2v) is 5.34. The highest BCUT2D eigenvalue weighted by molar-refractivity contribution is 5.93. The van der Waals surface area contributed by atoms with Gasteiger partial charge in [-0.1, -0.05) is 6.07 Å². The van der Waals surface area contributed by atoms with E-state index in [4.69, 9.17) is 10.5 Å². The molecule has 0 radical (unpaired) electrons. The number of anilines is 2. The standard InChI is InChI=1S/C15H23N3O2/c1-11-9-18(7-4-8-20-11)10-15(19)17-14-6-3-5-13(16)12(14)2/h3,5-6,11H,4,7-10,16H2,1-2H3,(H,17,19). The lowest BCUT2D eigenvalue weighted by Gasteiger charge is -2.21. The molecule has 1 atom stereocenters. The Morgan fingerprint density at radius 1 is 1.55 bits per heavy atom. The maximum absolute atomic E-state index is 12.1. The molecule has 2 rings (SSSR count). The first-order chi connectivity index (χ1) is 9.56. The Bertz CT molecular complexity index is 476. The summed E-state index contributed by atoms with van der Waals surface area (Å²) in [6.45, 7) is 6.80. The van der Waals surface area contributed by atoms with Gasteiger partial charge in [0.1, 0.15) is 0 Å². The smallest absolute Gasteiger partial charge is 0.238 e. The third-order valence-electron chi connectivity index (χ3n) is 3.55. The maximum Gasteiger partial charge on any atom is 0.238 e. The summed E-state index contributed by atoms with van der Waals surface area (Å²) in [6.07, 6.45) is 1.15. The van der Waals surface area contributed by atoms with Crippen LogP contribution in [-0.2, 0) is 9.53 Å². The van der Waals surface area contributed by atoms with Crippen LogP contribution in [0, 0.1) is 6.92 Å². The van der Waals surface area contributed by atoms with Crippen LogP contribution in [0.25, 0.3) is 0 Å². The summed E-state index contributed by atoms with van der Waals surface area (Å²) < 4.78 is 5.58. The first kappa shape index (κ1) is 14.8. The van der Waals surface area contributed by atoms with Gasteiger partial charge in [-0.3, -0.25) is 9.69 Å². The van der Waals surface area contributed by atoms with E-state index >= 15 is 0 Å². The van der Waals surface area contributed by atoms with Crippen LogP contribution in [0.5, 0.6) is 0 Å². The number of carbonyl (C=O) groups is 1. The lowest BCUT2D eigenvalue weighted by molar-refractivity contribution is -0.117. The van der Waals surface area contributed by atoms with Crippen molar-refractivity contribution < 1.29 is 9.53 Å². The summed E-state index contributed by atoms with van der Waals surface area (Å²) in [5.41, 5.74) is 8.23. The van der Waals surface area contributed by atoms with Crippen molar-refractivity contribution in [1.29, 1.82) is 0 Å². The highest BCUT2D eigenvalue weighted by Crippen LogP contribution is 2.20. The fourth-order valence-corrected chi connectivity index (χ4v) is 2.41. The topological polar surface area (TPSA) is 67.6 Å². The van der Waals surface area contributed by atoms with Crippen LogP contribution < -0.4 is 11.1 Å². The molecule has 1 fully saturated rings. The van der Waals surface area contributed by atoms with E-state index in [-0.39, 0.29) is 12.0 Å². The van der Waals surface area contributed by atoms with E-state index in [0.29, 0.717) is 12.2 Å². The van der Waals surface area contributed by atoms with Crippen LogP contribution in [0.1, 0.15) is 18.9 Å². The molecule has 0 spiro atoms. The minimum Gasteiger partial charge on any atom is -0.398 e. The first-order valence-corrected chi connectivity index (χ1v) is 7.05. The van der Waals surface area contributed by atoms with E-state index in [1.165, 1.54) is 0 Å². The van der Waals surface area contributed by atoms with E-state index in [9.17, 15) is 4.79 Å². The zero-order chi connectivity index (χ0) is 14.5. The fraction of sp³-hybridized carbons (Fsp3) is 0.533. The van der Waals surface area contributed by atoms with Crippen molar-refractivity contribution in [2.24, 2.45) is 0 Å². The molecule has 0 bridgehead atoms. The number of nitrogens with two attached hydrogens (primary N) is 1. The molecule has 1 aromatic rings. The Hall–Kier alpha value is -1.59. The zero-order valence-corrected chi connectivity index (χ0v) is 12.2. The number of rotatable bonds is 3. The lowest BCUT2D eigenvalue weighted by Crippen LogP contribution is -2.37. The summed E-state index contributed by atoms with van der Waals surface area (Å²) in [7, 11) is 0.